The highest BCUT2D eigenvalue weighted by molar-refractivity contribution is 5.72. The van der Waals surface area contributed by atoms with Crippen LogP contribution in [0.1, 0.15) is 22.8 Å². The predicted octanol–water partition coefficient (Wildman–Crippen LogP) is 4.23. The Morgan fingerprint density at radius 2 is 1.68 bits per heavy atom. The van der Waals surface area contributed by atoms with Crippen molar-refractivity contribution >= 4 is 6.09 Å². The normalized spacial score (nSPS) is 21.4. The molecule has 5 heteroatoms. The van der Waals surface area contributed by atoms with Gasteiger partial charge in [-0.05, 0) is 23.3 Å². The fraction of sp³-hybridized carbons (Fsp3) is 0.174. The highest BCUT2D eigenvalue weighted by Crippen LogP contribution is 2.47. The van der Waals surface area contributed by atoms with Gasteiger partial charge in [-0.15, -0.1) is 0 Å². The maximum Gasteiger partial charge on any atom is 0.413 e. The van der Waals surface area contributed by atoms with Crippen LogP contribution in [0.4, 0.5) is 4.79 Å². The summed E-state index contributed by atoms with van der Waals surface area (Å²) in [5.74, 6) is 0.688. The Balaban J connectivity index is 1.78. The third kappa shape index (κ3) is 3.10. The molecular weight excluding hydrogens is 354 g/mol. The van der Waals surface area contributed by atoms with Crippen LogP contribution in [0.5, 0.6) is 5.75 Å². The summed E-state index contributed by atoms with van der Waals surface area (Å²) in [4.78, 5) is 14.2. The van der Waals surface area contributed by atoms with Crippen LogP contribution >= 0.6 is 0 Å². The van der Waals surface area contributed by atoms with E-state index in [4.69, 9.17) is 9.47 Å². The lowest BCUT2D eigenvalue weighted by Crippen LogP contribution is -2.45. The average Bonchev–Trinajstić information content (AvgIpc) is 3.01. The van der Waals surface area contributed by atoms with E-state index in [-0.39, 0.29) is 6.54 Å². The molecule has 1 aliphatic rings. The molecule has 142 valence electrons. The number of nitrogens with zero attached hydrogens (tertiary/aromatic N) is 1. The quantitative estimate of drug-likeness (QED) is 0.725. The molecule has 0 saturated carbocycles. The summed E-state index contributed by atoms with van der Waals surface area (Å²) < 4.78 is 10.9. The Morgan fingerprint density at radius 3 is 2.36 bits per heavy atom. The van der Waals surface area contributed by atoms with E-state index < -0.39 is 17.9 Å². The van der Waals surface area contributed by atoms with Crippen LogP contribution in [0.3, 0.4) is 0 Å². The van der Waals surface area contributed by atoms with Crippen molar-refractivity contribution in [2.24, 2.45) is 0 Å². The zero-order valence-corrected chi connectivity index (χ0v) is 15.5. The predicted molar refractivity (Wildman–Crippen MR) is 105 cm³/mol. The van der Waals surface area contributed by atoms with Gasteiger partial charge in [-0.2, -0.15) is 0 Å². The Kier molecular flexibility index (Phi) is 4.75. The van der Waals surface area contributed by atoms with E-state index in [0.29, 0.717) is 11.3 Å². The number of carbonyl (C=O) groups is 1. The third-order valence-electron chi connectivity index (χ3n) is 4.99. The highest BCUT2D eigenvalue weighted by Gasteiger charge is 2.55. The monoisotopic (exact) mass is 375 g/mol. The summed E-state index contributed by atoms with van der Waals surface area (Å²) in [7, 11) is 1.59. The third-order valence-corrected chi connectivity index (χ3v) is 4.99. The van der Waals surface area contributed by atoms with Gasteiger partial charge < -0.3 is 14.6 Å². The van der Waals surface area contributed by atoms with Crippen molar-refractivity contribution in [2.45, 2.75) is 18.4 Å². The fourth-order valence-corrected chi connectivity index (χ4v) is 3.58. The minimum Gasteiger partial charge on any atom is -0.497 e. The summed E-state index contributed by atoms with van der Waals surface area (Å²) in [5.41, 5.74) is 0.523. The summed E-state index contributed by atoms with van der Waals surface area (Å²) >= 11 is 0. The van der Waals surface area contributed by atoms with Crippen molar-refractivity contribution in [3.63, 3.8) is 0 Å². The maximum atomic E-state index is 12.8. The molecule has 28 heavy (non-hydrogen) atoms. The number of amides is 1. The molecule has 0 unspecified atom stereocenters. The van der Waals surface area contributed by atoms with Crippen molar-refractivity contribution < 1.29 is 19.4 Å². The van der Waals surface area contributed by atoms with Crippen molar-refractivity contribution in [1.82, 2.24) is 4.90 Å². The fourth-order valence-electron chi connectivity index (χ4n) is 3.58. The minimum absolute atomic E-state index is 0.185. The Labute approximate surface area is 163 Å². The molecule has 0 aliphatic carbocycles. The summed E-state index contributed by atoms with van der Waals surface area (Å²) in [6, 6.07) is 25.9. The molecule has 1 aliphatic heterocycles. The van der Waals surface area contributed by atoms with Crippen molar-refractivity contribution in [2.75, 3.05) is 7.11 Å². The Hall–Kier alpha value is -3.31. The molecule has 3 aromatic carbocycles. The molecule has 1 saturated heterocycles. The van der Waals surface area contributed by atoms with Crippen molar-refractivity contribution in [3.8, 4) is 5.75 Å². The summed E-state index contributed by atoms with van der Waals surface area (Å²) in [5, 5.41) is 11.8. The molecule has 1 heterocycles. The maximum absolute atomic E-state index is 12.8. The summed E-state index contributed by atoms with van der Waals surface area (Å²) in [6.07, 6.45) is -1.41. The molecule has 1 amide bonds. The van der Waals surface area contributed by atoms with Gasteiger partial charge in [-0.1, -0.05) is 72.8 Å². The van der Waals surface area contributed by atoms with Gasteiger partial charge in [0.1, 0.15) is 5.75 Å². The number of carbonyl (C=O) groups excluding carboxylic acids is 1. The molecule has 0 spiro atoms. The molecule has 1 N–H and O–H groups in total. The second-order valence-corrected chi connectivity index (χ2v) is 6.70. The first-order valence-electron chi connectivity index (χ1n) is 9.07. The van der Waals surface area contributed by atoms with Gasteiger partial charge in [0, 0.05) is 5.56 Å². The van der Waals surface area contributed by atoms with Crippen LogP contribution in [0.25, 0.3) is 0 Å². The molecule has 0 bridgehead atoms. The van der Waals surface area contributed by atoms with Crippen molar-refractivity contribution in [1.29, 1.82) is 0 Å². The molecule has 0 aromatic heterocycles. The molecule has 2 atom stereocenters. The largest absolute Gasteiger partial charge is 0.497 e. The van der Waals surface area contributed by atoms with Gasteiger partial charge in [0.05, 0.1) is 13.7 Å². The first kappa shape index (κ1) is 18.1. The van der Waals surface area contributed by atoms with Crippen LogP contribution in [0.2, 0.25) is 0 Å². The van der Waals surface area contributed by atoms with Gasteiger partial charge in [-0.25, -0.2) is 4.79 Å². The lowest BCUT2D eigenvalue weighted by molar-refractivity contribution is -0.113. The van der Waals surface area contributed by atoms with E-state index in [1.165, 1.54) is 4.90 Å². The van der Waals surface area contributed by atoms with E-state index >= 15 is 0 Å². The molecule has 5 nitrogen and oxygen atoms in total. The number of rotatable bonds is 5. The van der Waals surface area contributed by atoms with E-state index in [0.717, 1.165) is 11.1 Å². The molecule has 1 fully saturated rings. The highest BCUT2D eigenvalue weighted by atomic mass is 16.6. The zero-order valence-electron chi connectivity index (χ0n) is 15.5. The van der Waals surface area contributed by atoms with E-state index in [9.17, 15) is 9.90 Å². The standard InChI is InChI=1S/C23H21NO4/c1-27-20-14-8-9-17(15-20)16-24-22(25)28-21(18-10-4-2-5-11-18)23(24,26)19-12-6-3-7-13-19/h2-15,21,26H,16H2,1H3/t21-,23-/m0/s1. The smallest absolute Gasteiger partial charge is 0.413 e. The molecular formula is C23H21NO4. The lowest BCUT2D eigenvalue weighted by Gasteiger charge is -2.34. The van der Waals surface area contributed by atoms with Crippen LogP contribution in [-0.2, 0) is 17.0 Å². The van der Waals surface area contributed by atoms with Gasteiger partial charge in [0.2, 0.25) is 5.72 Å². The number of hydrogen-bond donors (Lipinski definition) is 1. The number of methoxy groups -OCH3 is 1. The van der Waals surface area contributed by atoms with Crippen LogP contribution in [0.15, 0.2) is 84.9 Å². The lowest BCUT2D eigenvalue weighted by atomic mass is 9.91. The number of hydrogen-bond acceptors (Lipinski definition) is 4. The van der Waals surface area contributed by atoms with Gasteiger partial charge in [-0.3, -0.25) is 4.90 Å². The van der Waals surface area contributed by atoms with E-state index in [2.05, 4.69) is 0 Å². The van der Waals surface area contributed by atoms with Crippen molar-refractivity contribution in [3.05, 3.63) is 102 Å². The van der Waals surface area contributed by atoms with Crippen LogP contribution in [0, 0.1) is 0 Å². The molecule has 3 aromatic rings. The number of ether oxygens (including phenoxy) is 2. The number of cyclic esters (lactones) is 1. The second kappa shape index (κ2) is 7.37. The SMILES string of the molecule is COc1cccc(CN2C(=O)O[C@@H](c3ccccc3)[C@@]2(O)c2ccccc2)c1. The van der Waals surface area contributed by atoms with Gasteiger partial charge in [0.15, 0.2) is 6.10 Å². The first-order chi connectivity index (χ1) is 13.6. The summed E-state index contributed by atoms with van der Waals surface area (Å²) in [6.45, 7) is 0.185. The average molecular weight is 375 g/mol. The number of benzene rings is 3. The zero-order chi connectivity index (χ0) is 19.6. The van der Waals surface area contributed by atoms with E-state index in [1.807, 2.05) is 72.8 Å². The molecule has 4 rings (SSSR count). The minimum atomic E-state index is -1.64. The number of aliphatic hydroxyl groups is 1. The topological polar surface area (TPSA) is 59.0 Å². The van der Waals surface area contributed by atoms with Crippen LogP contribution < -0.4 is 4.74 Å². The first-order valence-corrected chi connectivity index (χ1v) is 9.07. The molecule has 0 radical (unpaired) electrons. The Morgan fingerprint density at radius 1 is 1.00 bits per heavy atom. The van der Waals surface area contributed by atoms with Crippen LogP contribution in [-0.4, -0.2) is 23.2 Å². The van der Waals surface area contributed by atoms with E-state index in [1.54, 1.807) is 19.2 Å². The second-order valence-electron chi connectivity index (χ2n) is 6.70. The van der Waals surface area contributed by atoms with Gasteiger partial charge in [0.25, 0.3) is 0 Å². The van der Waals surface area contributed by atoms with Gasteiger partial charge >= 0.3 is 6.09 Å². The Bertz CT molecular complexity index is 961.